The van der Waals surface area contributed by atoms with E-state index in [1.54, 1.807) is 0 Å². The summed E-state index contributed by atoms with van der Waals surface area (Å²) in [4.78, 5) is 11.4. The van der Waals surface area contributed by atoms with Crippen molar-refractivity contribution in [2.24, 2.45) is 17.7 Å². The van der Waals surface area contributed by atoms with Gasteiger partial charge in [0.05, 0.1) is 13.2 Å². The average Bonchev–Trinajstić information content (AvgIpc) is 2.50. The largest absolute Gasteiger partial charge is 0.376 e. The molecule has 1 aliphatic carbocycles. The Balaban J connectivity index is 1.93. The van der Waals surface area contributed by atoms with Crippen LogP contribution in [0.15, 0.2) is 30.4 Å². The minimum Gasteiger partial charge on any atom is -0.376 e. The topological polar surface area (TPSA) is 64.3 Å². The van der Waals surface area contributed by atoms with Gasteiger partial charge in [0.1, 0.15) is 5.82 Å². The molecule has 1 aromatic carbocycles. The lowest BCUT2D eigenvalue weighted by Gasteiger charge is -2.25. The van der Waals surface area contributed by atoms with Gasteiger partial charge < -0.3 is 4.74 Å². The van der Waals surface area contributed by atoms with Crippen molar-refractivity contribution in [2.45, 2.75) is 26.4 Å². The van der Waals surface area contributed by atoms with Crippen LogP contribution in [0.1, 0.15) is 35.7 Å². The molecule has 1 amide bonds. The standard InChI is InChI=1S/C16H21FN2O2/c1-11-4-2-3-5-13(11)9-21-10-14-8-12(16(20)19-18)6-7-15(14)17/h2-3,6-8,11,13H,4-5,9-10,18H2,1H3,(H,19,20). The van der Waals surface area contributed by atoms with Gasteiger partial charge in [0, 0.05) is 11.1 Å². The molecule has 0 fully saturated rings. The molecule has 114 valence electrons. The quantitative estimate of drug-likeness (QED) is 0.379. The van der Waals surface area contributed by atoms with Gasteiger partial charge >= 0.3 is 0 Å². The first-order valence-electron chi connectivity index (χ1n) is 7.14. The maximum atomic E-state index is 13.7. The molecule has 21 heavy (non-hydrogen) atoms. The molecule has 4 nitrogen and oxygen atoms in total. The number of benzene rings is 1. The van der Waals surface area contributed by atoms with E-state index < -0.39 is 5.91 Å². The maximum absolute atomic E-state index is 13.7. The first-order chi connectivity index (χ1) is 10.1. The van der Waals surface area contributed by atoms with Gasteiger partial charge in [0.25, 0.3) is 5.91 Å². The van der Waals surface area contributed by atoms with Crippen molar-refractivity contribution < 1.29 is 13.9 Å². The predicted molar refractivity (Wildman–Crippen MR) is 78.7 cm³/mol. The van der Waals surface area contributed by atoms with Crippen molar-refractivity contribution in [1.29, 1.82) is 0 Å². The van der Waals surface area contributed by atoms with Crippen LogP contribution in [0.2, 0.25) is 0 Å². The molecular weight excluding hydrogens is 271 g/mol. The number of nitrogens with one attached hydrogen (secondary N) is 1. The van der Waals surface area contributed by atoms with E-state index in [4.69, 9.17) is 10.6 Å². The van der Waals surface area contributed by atoms with Crippen LogP contribution in [0.5, 0.6) is 0 Å². The fraction of sp³-hybridized carbons (Fsp3) is 0.438. The van der Waals surface area contributed by atoms with E-state index in [0.717, 1.165) is 12.8 Å². The van der Waals surface area contributed by atoms with Crippen LogP contribution < -0.4 is 11.3 Å². The van der Waals surface area contributed by atoms with Gasteiger partial charge in [-0.1, -0.05) is 19.1 Å². The first kappa shape index (κ1) is 15.7. The van der Waals surface area contributed by atoms with Gasteiger partial charge in [-0.15, -0.1) is 0 Å². The van der Waals surface area contributed by atoms with Crippen LogP contribution >= 0.6 is 0 Å². The molecule has 0 aliphatic heterocycles. The monoisotopic (exact) mass is 292 g/mol. The van der Waals surface area contributed by atoms with Crippen molar-refractivity contribution in [3.05, 3.63) is 47.3 Å². The number of hydrogen-bond acceptors (Lipinski definition) is 3. The summed E-state index contributed by atoms with van der Waals surface area (Å²) in [5.41, 5.74) is 2.73. The number of rotatable bonds is 5. The summed E-state index contributed by atoms with van der Waals surface area (Å²) < 4.78 is 19.4. The zero-order valence-corrected chi connectivity index (χ0v) is 12.1. The molecule has 0 radical (unpaired) electrons. The molecule has 0 heterocycles. The number of nitrogens with two attached hydrogens (primary N) is 1. The number of carbonyl (C=O) groups is 1. The summed E-state index contributed by atoms with van der Waals surface area (Å²) in [5, 5.41) is 0. The third-order valence-electron chi connectivity index (χ3n) is 3.95. The summed E-state index contributed by atoms with van der Waals surface area (Å²) in [7, 11) is 0. The van der Waals surface area contributed by atoms with Crippen molar-refractivity contribution in [1.82, 2.24) is 5.43 Å². The zero-order chi connectivity index (χ0) is 15.2. The number of hydrogen-bond donors (Lipinski definition) is 2. The number of carbonyl (C=O) groups excluding carboxylic acids is 1. The van der Waals surface area contributed by atoms with Gasteiger partial charge in [-0.2, -0.15) is 0 Å². The Labute approximate surface area is 124 Å². The molecular formula is C16H21FN2O2. The van der Waals surface area contributed by atoms with E-state index in [2.05, 4.69) is 19.1 Å². The van der Waals surface area contributed by atoms with Gasteiger partial charge in [-0.25, -0.2) is 10.2 Å². The molecule has 2 atom stereocenters. The number of ether oxygens (including phenoxy) is 1. The van der Waals surface area contributed by atoms with E-state index in [1.807, 2.05) is 5.43 Å². The van der Waals surface area contributed by atoms with E-state index in [9.17, 15) is 9.18 Å². The van der Waals surface area contributed by atoms with Gasteiger partial charge in [0.15, 0.2) is 0 Å². The summed E-state index contributed by atoms with van der Waals surface area (Å²) in [6, 6.07) is 4.13. The van der Waals surface area contributed by atoms with Crippen molar-refractivity contribution >= 4 is 5.91 Å². The molecule has 1 aliphatic rings. The second-order valence-electron chi connectivity index (χ2n) is 5.47. The molecule has 0 bridgehead atoms. The Morgan fingerprint density at radius 1 is 1.43 bits per heavy atom. The normalized spacial score (nSPS) is 21.3. The van der Waals surface area contributed by atoms with E-state index >= 15 is 0 Å². The van der Waals surface area contributed by atoms with Crippen molar-refractivity contribution in [3.63, 3.8) is 0 Å². The van der Waals surface area contributed by atoms with Crippen LogP contribution in [-0.4, -0.2) is 12.5 Å². The fourth-order valence-electron chi connectivity index (χ4n) is 2.47. The van der Waals surface area contributed by atoms with Gasteiger partial charge in [-0.05, 0) is 42.9 Å². The summed E-state index contributed by atoms with van der Waals surface area (Å²) >= 11 is 0. The SMILES string of the molecule is CC1CC=CCC1COCc1cc(C(=O)NN)ccc1F. The highest BCUT2D eigenvalue weighted by atomic mass is 19.1. The average molecular weight is 292 g/mol. The minimum atomic E-state index is -0.442. The molecule has 0 aromatic heterocycles. The third kappa shape index (κ3) is 4.12. The molecule has 3 N–H and O–H groups in total. The molecule has 1 aromatic rings. The third-order valence-corrected chi connectivity index (χ3v) is 3.95. The Hall–Kier alpha value is -1.72. The summed E-state index contributed by atoms with van der Waals surface area (Å²) in [6.45, 7) is 2.95. The summed E-state index contributed by atoms with van der Waals surface area (Å²) in [6.07, 6.45) is 6.42. The maximum Gasteiger partial charge on any atom is 0.265 e. The van der Waals surface area contributed by atoms with Crippen molar-refractivity contribution in [3.8, 4) is 0 Å². The Morgan fingerprint density at radius 2 is 2.19 bits per heavy atom. The molecule has 0 saturated carbocycles. The molecule has 0 spiro atoms. The summed E-state index contributed by atoms with van der Waals surface area (Å²) in [5.74, 6) is 5.30. The second-order valence-corrected chi connectivity index (χ2v) is 5.47. The lowest BCUT2D eigenvalue weighted by molar-refractivity contribution is 0.0664. The fourth-order valence-corrected chi connectivity index (χ4v) is 2.47. The number of allylic oxidation sites excluding steroid dienone is 2. The molecule has 2 rings (SSSR count). The van der Waals surface area contributed by atoms with Crippen LogP contribution in [-0.2, 0) is 11.3 Å². The number of amides is 1. The highest BCUT2D eigenvalue weighted by Gasteiger charge is 2.18. The number of nitrogen functional groups attached to an aromatic ring is 1. The molecule has 2 unspecified atom stereocenters. The Bertz CT molecular complexity index is 531. The second kappa shape index (κ2) is 7.33. The van der Waals surface area contributed by atoms with Gasteiger partial charge in [0.2, 0.25) is 0 Å². The number of halogens is 1. The Morgan fingerprint density at radius 3 is 2.90 bits per heavy atom. The van der Waals surface area contributed by atoms with Crippen LogP contribution in [0.3, 0.4) is 0 Å². The lowest BCUT2D eigenvalue weighted by atomic mass is 9.85. The van der Waals surface area contributed by atoms with E-state index in [1.165, 1.54) is 18.2 Å². The van der Waals surface area contributed by atoms with E-state index in [0.29, 0.717) is 29.6 Å². The Kier molecular flexibility index (Phi) is 5.47. The van der Waals surface area contributed by atoms with E-state index in [-0.39, 0.29) is 12.4 Å². The predicted octanol–water partition coefficient (Wildman–Crippen LogP) is 2.55. The smallest absolute Gasteiger partial charge is 0.265 e. The minimum absolute atomic E-state index is 0.157. The van der Waals surface area contributed by atoms with Crippen LogP contribution in [0, 0.1) is 17.7 Å². The lowest BCUT2D eigenvalue weighted by Crippen LogP contribution is -2.30. The first-order valence-corrected chi connectivity index (χ1v) is 7.14. The van der Waals surface area contributed by atoms with Crippen LogP contribution in [0.4, 0.5) is 4.39 Å². The van der Waals surface area contributed by atoms with Crippen LogP contribution in [0.25, 0.3) is 0 Å². The zero-order valence-electron chi connectivity index (χ0n) is 12.1. The van der Waals surface area contributed by atoms with Crippen molar-refractivity contribution in [2.75, 3.05) is 6.61 Å². The molecule has 5 heteroatoms. The molecule has 0 saturated heterocycles. The highest BCUT2D eigenvalue weighted by molar-refractivity contribution is 5.93. The van der Waals surface area contributed by atoms with Gasteiger partial charge in [-0.3, -0.25) is 10.2 Å². The number of hydrazine groups is 1. The highest BCUT2D eigenvalue weighted by Crippen LogP contribution is 2.25.